The molecule has 1 aliphatic rings. The summed E-state index contributed by atoms with van der Waals surface area (Å²) < 4.78 is 28.9. The van der Waals surface area contributed by atoms with Crippen LogP contribution < -0.4 is 20.4 Å². The number of phenolic OH excluding ortho intramolecular Hbond substituents is 1. The van der Waals surface area contributed by atoms with Crippen LogP contribution >= 0.6 is 0 Å². The fourth-order valence-electron chi connectivity index (χ4n) is 5.78. The van der Waals surface area contributed by atoms with Gasteiger partial charge in [0.1, 0.15) is 35.0 Å². The summed E-state index contributed by atoms with van der Waals surface area (Å²) in [5, 5.41) is 26.9. The molecule has 4 aromatic rings. The molecule has 0 unspecified atom stereocenters. The van der Waals surface area contributed by atoms with E-state index in [1.165, 1.54) is 40.2 Å². The van der Waals surface area contributed by atoms with Gasteiger partial charge in [-0.05, 0) is 42.3 Å². The van der Waals surface area contributed by atoms with Gasteiger partial charge in [-0.2, -0.15) is 0 Å². The standard InChI is InChI=1S/C31H31NO10/c1-7-16-10-19-23(21(11-16)38-5)18-12-22(39-6)25-20(35)9-8-17(24(25)29(18)42-31(19)37)30-27(36)26(32-14(3)33)28(13(2)40-30)41-15(4)34/h7-13,26-28,30,35-36H,1H2,2-6H3,(H,32,33)/t13-,26-,27-,28+,30+/m0/s1. The molecule has 1 aromatic heterocycles. The molecule has 220 valence electrons. The van der Waals surface area contributed by atoms with Gasteiger partial charge >= 0.3 is 11.6 Å². The number of fused-ring (bicyclic) bond motifs is 5. The number of rotatable bonds is 6. The first-order valence-electron chi connectivity index (χ1n) is 13.2. The molecule has 5 atom stereocenters. The number of carbonyl (C=O) groups is 2. The van der Waals surface area contributed by atoms with Crippen LogP contribution in [0.5, 0.6) is 17.2 Å². The Labute approximate surface area is 240 Å². The van der Waals surface area contributed by atoms with Crippen LogP contribution in [0.3, 0.4) is 0 Å². The lowest BCUT2D eigenvalue weighted by Gasteiger charge is -2.43. The van der Waals surface area contributed by atoms with E-state index in [2.05, 4.69) is 11.9 Å². The number of methoxy groups -OCH3 is 2. The maximum absolute atomic E-state index is 13.4. The Morgan fingerprint density at radius 3 is 2.33 bits per heavy atom. The quantitative estimate of drug-likeness (QED) is 0.176. The number of hydrogen-bond donors (Lipinski definition) is 3. The summed E-state index contributed by atoms with van der Waals surface area (Å²) in [5.74, 6) is -0.573. The topological polar surface area (TPSA) is 154 Å². The highest BCUT2D eigenvalue weighted by Gasteiger charge is 2.47. The third-order valence-corrected chi connectivity index (χ3v) is 7.53. The Kier molecular flexibility index (Phi) is 7.56. The molecule has 0 aliphatic carbocycles. The van der Waals surface area contributed by atoms with Crippen LogP contribution in [0.4, 0.5) is 0 Å². The summed E-state index contributed by atoms with van der Waals surface area (Å²) in [6.45, 7) is 7.93. The van der Waals surface area contributed by atoms with Crippen LogP contribution in [0.25, 0.3) is 38.6 Å². The van der Waals surface area contributed by atoms with Crippen LogP contribution in [-0.2, 0) is 19.1 Å². The monoisotopic (exact) mass is 577 g/mol. The van der Waals surface area contributed by atoms with Crippen molar-refractivity contribution >= 4 is 50.5 Å². The minimum Gasteiger partial charge on any atom is -0.507 e. The number of nitrogens with one attached hydrogen (secondary N) is 1. The van der Waals surface area contributed by atoms with Gasteiger partial charge < -0.3 is 38.9 Å². The van der Waals surface area contributed by atoms with Crippen LogP contribution in [0.15, 0.2) is 46.1 Å². The summed E-state index contributed by atoms with van der Waals surface area (Å²) in [5.41, 5.74) is 0.424. The summed E-state index contributed by atoms with van der Waals surface area (Å²) in [6, 6.07) is 6.92. The van der Waals surface area contributed by atoms with Crippen molar-refractivity contribution in [3.05, 3.63) is 58.5 Å². The van der Waals surface area contributed by atoms with Crippen molar-refractivity contribution in [2.24, 2.45) is 0 Å². The zero-order valence-electron chi connectivity index (χ0n) is 23.7. The molecule has 11 heteroatoms. The molecule has 0 saturated carbocycles. The maximum atomic E-state index is 13.4. The average Bonchev–Trinajstić information content (AvgIpc) is 2.95. The molecule has 11 nitrogen and oxygen atoms in total. The predicted octanol–water partition coefficient (Wildman–Crippen LogP) is 3.72. The number of esters is 1. The summed E-state index contributed by atoms with van der Waals surface area (Å²) in [7, 11) is 2.92. The second-order valence-electron chi connectivity index (χ2n) is 10.2. The molecule has 1 aliphatic heterocycles. The fourth-order valence-corrected chi connectivity index (χ4v) is 5.78. The van der Waals surface area contributed by atoms with Crippen molar-refractivity contribution < 1.29 is 43.2 Å². The van der Waals surface area contributed by atoms with E-state index in [9.17, 15) is 24.6 Å². The average molecular weight is 578 g/mol. The Morgan fingerprint density at radius 1 is 1.02 bits per heavy atom. The van der Waals surface area contributed by atoms with Gasteiger partial charge in [0.2, 0.25) is 5.91 Å². The Bertz CT molecular complexity index is 1810. The Morgan fingerprint density at radius 2 is 1.71 bits per heavy atom. The van der Waals surface area contributed by atoms with Gasteiger partial charge in [0.25, 0.3) is 0 Å². The molecule has 3 N–H and O–H groups in total. The van der Waals surface area contributed by atoms with Gasteiger partial charge in [-0.25, -0.2) is 4.79 Å². The summed E-state index contributed by atoms with van der Waals surface area (Å²) in [4.78, 5) is 37.3. The molecule has 0 spiro atoms. The predicted molar refractivity (Wildman–Crippen MR) is 155 cm³/mol. The van der Waals surface area contributed by atoms with Gasteiger partial charge in [-0.3, -0.25) is 9.59 Å². The lowest BCUT2D eigenvalue weighted by Crippen LogP contribution is -2.61. The number of ether oxygens (including phenoxy) is 4. The molecule has 1 saturated heterocycles. The van der Waals surface area contributed by atoms with Crippen LogP contribution in [0, 0.1) is 0 Å². The van der Waals surface area contributed by atoms with Crippen molar-refractivity contribution in [1.82, 2.24) is 5.32 Å². The van der Waals surface area contributed by atoms with E-state index in [1.54, 1.807) is 31.2 Å². The SMILES string of the molecule is C=Cc1cc(OC)c2c(c1)c(=O)oc1c2cc(OC)c2c(O)ccc([C@H]3O[C@@H](C)[C@@H](OC(C)=O)[C@@H](NC(C)=O)[C@@H]3O)c21. The van der Waals surface area contributed by atoms with Crippen LogP contribution in [-0.4, -0.2) is 60.7 Å². The van der Waals surface area contributed by atoms with Crippen molar-refractivity contribution in [1.29, 1.82) is 0 Å². The van der Waals surface area contributed by atoms with Crippen LogP contribution in [0.2, 0.25) is 0 Å². The highest BCUT2D eigenvalue weighted by atomic mass is 16.6. The van der Waals surface area contributed by atoms with E-state index in [1.807, 2.05) is 0 Å². The molecule has 0 radical (unpaired) electrons. The summed E-state index contributed by atoms with van der Waals surface area (Å²) in [6.07, 6.45) is -2.71. The second kappa shape index (κ2) is 11.0. The highest BCUT2D eigenvalue weighted by molar-refractivity contribution is 6.19. The number of aliphatic hydroxyl groups excluding tert-OH is 1. The first-order valence-corrected chi connectivity index (χ1v) is 13.2. The second-order valence-corrected chi connectivity index (χ2v) is 10.2. The molecule has 0 bridgehead atoms. The minimum atomic E-state index is -1.42. The number of benzene rings is 3. The van der Waals surface area contributed by atoms with Crippen molar-refractivity contribution in [3.63, 3.8) is 0 Å². The molecular weight excluding hydrogens is 546 g/mol. The minimum absolute atomic E-state index is 0.0977. The lowest BCUT2D eigenvalue weighted by molar-refractivity contribution is -0.200. The molecule has 3 aromatic carbocycles. The van der Waals surface area contributed by atoms with Crippen molar-refractivity contribution in [3.8, 4) is 17.2 Å². The van der Waals surface area contributed by atoms with E-state index < -0.39 is 48.0 Å². The number of aliphatic hydroxyl groups is 1. The first-order chi connectivity index (χ1) is 20.0. The normalized spacial score (nSPS) is 22.2. The highest BCUT2D eigenvalue weighted by Crippen LogP contribution is 2.47. The van der Waals surface area contributed by atoms with Gasteiger partial charge in [0.05, 0.1) is 37.1 Å². The smallest absolute Gasteiger partial charge is 0.344 e. The Hall–Kier alpha value is -4.61. The lowest BCUT2D eigenvalue weighted by atomic mass is 9.86. The molecule has 1 fully saturated rings. The third kappa shape index (κ3) is 4.70. The molecule has 5 rings (SSSR count). The fraction of sp³-hybridized carbons (Fsp3) is 0.323. The van der Waals surface area contributed by atoms with Gasteiger partial charge in [0, 0.05) is 30.0 Å². The number of amides is 1. The third-order valence-electron chi connectivity index (χ3n) is 7.53. The number of hydrogen-bond acceptors (Lipinski definition) is 10. The Balaban J connectivity index is 1.86. The van der Waals surface area contributed by atoms with Gasteiger partial charge in [-0.15, -0.1) is 0 Å². The molecular formula is C31H31NO10. The van der Waals surface area contributed by atoms with Gasteiger partial charge in [-0.1, -0.05) is 18.7 Å². The van der Waals surface area contributed by atoms with E-state index in [0.29, 0.717) is 27.6 Å². The maximum Gasteiger partial charge on any atom is 0.344 e. The molecule has 42 heavy (non-hydrogen) atoms. The molecule has 1 amide bonds. The zero-order chi connectivity index (χ0) is 30.5. The first kappa shape index (κ1) is 28.9. The zero-order valence-corrected chi connectivity index (χ0v) is 23.7. The number of phenols is 1. The number of carbonyl (C=O) groups excluding carboxylic acids is 2. The van der Waals surface area contributed by atoms with E-state index >= 15 is 0 Å². The summed E-state index contributed by atoms with van der Waals surface area (Å²) >= 11 is 0. The van der Waals surface area contributed by atoms with E-state index in [-0.39, 0.29) is 33.2 Å². The van der Waals surface area contributed by atoms with Gasteiger partial charge in [0.15, 0.2) is 6.10 Å². The van der Waals surface area contributed by atoms with E-state index in [0.717, 1.165) is 0 Å². The molecule has 2 heterocycles. The van der Waals surface area contributed by atoms with Crippen LogP contribution in [0.1, 0.15) is 38.0 Å². The largest absolute Gasteiger partial charge is 0.507 e. The van der Waals surface area contributed by atoms with Crippen molar-refractivity contribution in [2.75, 3.05) is 14.2 Å². The number of aromatic hydroxyl groups is 1. The van der Waals surface area contributed by atoms with E-state index in [4.69, 9.17) is 23.4 Å². The van der Waals surface area contributed by atoms with Crippen molar-refractivity contribution in [2.45, 2.75) is 51.2 Å².